The number of rotatable bonds is 5. The van der Waals surface area contributed by atoms with Crippen LogP contribution in [-0.4, -0.2) is 30.8 Å². The third-order valence-electron chi connectivity index (χ3n) is 3.80. The molecule has 0 unspecified atom stereocenters. The van der Waals surface area contributed by atoms with Crippen molar-refractivity contribution in [2.24, 2.45) is 5.92 Å². The highest BCUT2D eigenvalue weighted by molar-refractivity contribution is 5.46. The average molecular weight is 354 g/mol. The molecule has 1 fully saturated rings. The van der Waals surface area contributed by atoms with E-state index in [1.54, 1.807) is 0 Å². The average Bonchev–Trinajstić information content (AvgIpc) is 2.52. The Labute approximate surface area is 133 Å². The first-order chi connectivity index (χ1) is 11.1. The summed E-state index contributed by atoms with van der Waals surface area (Å²) in [7, 11) is 0. The number of nitro groups is 1. The zero-order valence-corrected chi connectivity index (χ0v) is 12.4. The van der Waals surface area contributed by atoms with Crippen LogP contribution >= 0.6 is 0 Å². The molecule has 0 aromatic heterocycles. The van der Waals surface area contributed by atoms with Crippen molar-refractivity contribution in [2.45, 2.75) is 24.9 Å². The molecular weight excluding hydrogens is 339 g/mol. The number of benzene rings is 1. The van der Waals surface area contributed by atoms with E-state index in [-0.39, 0.29) is 18.6 Å². The van der Waals surface area contributed by atoms with Crippen LogP contribution in [0.25, 0.3) is 0 Å². The minimum absolute atomic E-state index is 0.0220. The number of nitro benzene ring substituents is 1. The molecule has 0 radical (unpaired) electrons. The van der Waals surface area contributed by atoms with Crippen LogP contribution < -0.4 is 10.1 Å². The number of non-ortho nitro benzene ring substituents is 1. The lowest BCUT2D eigenvalue weighted by Crippen LogP contribution is -2.34. The second kappa shape index (κ2) is 6.88. The number of nitrogens with one attached hydrogen (secondary N) is 1. The summed E-state index contributed by atoms with van der Waals surface area (Å²) in [5.74, 6) is -5.92. The van der Waals surface area contributed by atoms with Gasteiger partial charge in [-0.05, 0) is 37.9 Å². The summed E-state index contributed by atoms with van der Waals surface area (Å²) >= 11 is 0. The zero-order chi connectivity index (χ0) is 18.0. The van der Waals surface area contributed by atoms with E-state index in [2.05, 4.69) is 5.32 Å². The SMILES string of the molecule is O=[N+]([O-])c1ccc(OCC2CCNCC2)c(C(F)(F)C(F)(F)F)c1. The molecule has 0 amide bonds. The number of nitrogens with zero attached hydrogens (tertiary/aromatic N) is 1. The zero-order valence-electron chi connectivity index (χ0n) is 12.4. The van der Waals surface area contributed by atoms with Crippen molar-refractivity contribution in [3.8, 4) is 5.75 Å². The lowest BCUT2D eigenvalue weighted by Gasteiger charge is -2.25. The molecule has 0 atom stereocenters. The van der Waals surface area contributed by atoms with E-state index in [1.807, 2.05) is 0 Å². The maximum Gasteiger partial charge on any atom is 0.458 e. The number of ether oxygens (including phenoxy) is 1. The molecular formula is C14H15F5N2O3. The molecule has 24 heavy (non-hydrogen) atoms. The highest BCUT2D eigenvalue weighted by atomic mass is 19.4. The predicted molar refractivity (Wildman–Crippen MR) is 74.1 cm³/mol. The van der Waals surface area contributed by atoms with Gasteiger partial charge in [0.15, 0.2) is 0 Å². The molecule has 1 saturated heterocycles. The fourth-order valence-corrected chi connectivity index (χ4v) is 2.41. The first kappa shape index (κ1) is 18.4. The van der Waals surface area contributed by atoms with E-state index in [0.29, 0.717) is 25.9 Å². The van der Waals surface area contributed by atoms with E-state index in [0.717, 1.165) is 12.1 Å². The summed E-state index contributed by atoms with van der Waals surface area (Å²) in [5.41, 5.74) is -2.40. The quantitative estimate of drug-likeness (QED) is 0.498. The Balaban J connectivity index is 2.30. The predicted octanol–water partition coefficient (Wildman–Crippen LogP) is 3.63. The molecule has 0 bridgehead atoms. The molecule has 5 nitrogen and oxygen atoms in total. The van der Waals surface area contributed by atoms with Gasteiger partial charge in [0.05, 0.1) is 17.1 Å². The number of piperidine rings is 1. The van der Waals surface area contributed by atoms with Crippen LogP contribution in [0, 0.1) is 16.0 Å². The largest absolute Gasteiger partial charge is 0.493 e. The molecule has 1 aromatic rings. The molecule has 134 valence electrons. The second-order valence-corrected chi connectivity index (χ2v) is 5.51. The van der Waals surface area contributed by atoms with E-state index in [4.69, 9.17) is 4.74 Å². The molecule has 0 spiro atoms. The van der Waals surface area contributed by atoms with Crippen LogP contribution in [0.3, 0.4) is 0 Å². The summed E-state index contributed by atoms with van der Waals surface area (Å²) in [4.78, 5) is 9.64. The van der Waals surface area contributed by atoms with Crippen LogP contribution in [0.5, 0.6) is 5.75 Å². The van der Waals surface area contributed by atoms with Crippen molar-refractivity contribution < 1.29 is 31.6 Å². The van der Waals surface area contributed by atoms with Crippen molar-refractivity contribution in [3.63, 3.8) is 0 Å². The molecule has 1 heterocycles. The van der Waals surface area contributed by atoms with E-state index < -0.39 is 34.0 Å². The molecule has 0 saturated carbocycles. The van der Waals surface area contributed by atoms with Gasteiger partial charge in [0.25, 0.3) is 5.69 Å². The van der Waals surface area contributed by atoms with Crippen LogP contribution in [0.4, 0.5) is 27.6 Å². The smallest absolute Gasteiger partial charge is 0.458 e. The number of hydrogen-bond donors (Lipinski definition) is 1. The van der Waals surface area contributed by atoms with Gasteiger partial charge in [-0.1, -0.05) is 0 Å². The third-order valence-corrected chi connectivity index (χ3v) is 3.80. The molecule has 0 aliphatic carbocycles. The summed E-state index contributed by atoms with van der Waals surface area (Å²) in [6, 6.07) is 1.84. The van der Waals surface area contributed by atoms with Crippen molar-refractivity contribution in [3.05, 3.63) is 33.9 Å². The highest BCUT2D eigenvalue weighted by Crippen LogP contribution is 2.48. The standard InChI is InChI=1S/C14H15F5N2O3/c15-13(16,14(17,18)19)11-7-10(21(22)23)1-2-12(11)24-8-9-3-5-20-6-4-9/h1-2,7,9,20H,3-6,8H2. The molecule has 1 aliphatic rings. The normalized spacial score (nSPS) is 16.9. The summed E-state index contributed by atoms with van der Waals surface area (Å²) in [6.45, 7) is 1.39. The Morgan fingerprint density at radius 3 is 2.38 bits per heavy atom. The van der Waals surface area contributed by atoms with Gasteiger partial charge in [-0.25, -0.2) is 0 Å². The van der Waals surface area contributed by atoms with Gasteiger partial charge in [0, 0.05) is 12.1 Å². The first-order valence-electron chi connectivity index (χ1n) is 7.20. The lowest BCUT2D eigenvalue weighted by atomic mass is 9.99. The first-order valence-corrected chi connectivity index (χ1v) is 7.20. The molecule has 1 N–H and O–H groups in total. The lowest BCUT2D eigenvalue weighted by molar-refractivity contribution is -0.385. The van der Waals surface area contributed by atoms with Crippen LogP contribution in [0.1, 0.15) is 18.4 Å². The summed E-state index contributed by atoms with van der Waals surface area (Å²) in [6.07, 6.45) is -4.47. The number of hydrogen-bond acceptors (Lipinski definition) is 4. The Kier molecular flexibility index (Phi) is 5.26. The molecule has 1 aliphatic heterocycles. The highest BCUT2D eigenvalue weighted by Gasteiger charge is 2.60. The van der Waals surface area contributed by atoms with Gasteiger partial charge >= 0.3 is 12.1 Å². The summed E-state index contributed by atoms with van der Waals surface area (Å²) in [5, 5.41) is 13.8. The van der Waals surface area contributed by atoms with E-state index >= 15 is 0 Å². The van der Waals surface area contributed by atoms with Crippen molar-refractivity contribution in [1.29, 1.82) is 0 Å². The van der Waals surface area contributed by atoms with Gasteiger partial charge < -0.3 is 10.1 Å². The Morgan fingerprint density at radius 1 is 1.21 bits per heavy atom. The number of alkyl halides is 5. The monoisotopic (exact) mass is 354 g/mol. The Hall–Kier alpha value is -1.97. The maximum absolute atomic E-state index is 13.7. The van der Waals surface area contributed by atoms with Gasteiger partial charge in [0.1, 0.15) is 5.75 Å². The molecule has 10 heteroatoms. The van der Waals surface area contributed by atoms with Crippen molar-refractivity contribution >= 4 is 5.69 Å². The molecule has 1 aromatic carbocycles. The fraction of sp³-hybridized carbons (Fsp3) is 0.571. The van der Waals surface area contributed by atoms with Gasteiger partial charge in [-0.2, -0.15) is 22.0 Å². The van der Waals surface area contributed by atoms with E-state index in [1.165, 1.54) is 0 Å². The van der Waals surface area contributed by atoms with Gasteiger partial charge in [-0.15, -0.1) is 0 Å². The van der Waals surface area contributed by atoms with Gasteiger partial charge in [0.2, 0.25) is 0 Å². The Morgan fingerprint density at radius 2 is 1.83 bits per heavy atom. The van der Waals surface area contributed by atoms with Crippen LogP contribution in [0.2, 0.25) is 0 Å². The third kappa shape index (κ3) is 3.92. The Bertz CT molecular complexity index is 601. The topological polar surface area (TPSA) is 64.4 Å². The number of halogens is 5. The van der Waals surface area contributed by atoms with Gasteiger partial charge in [-0.3, -0.25) is 10.1 Å². The van der Waals surface area contributed by atoms with Crippen LogP contribution in [-0.2, 0) is 5.92 Å². The summed E-state index contributed by atoms with van der Waals surface area (Å²) < 4.78 is 70.5. The van der Waals surface area contributed by atoms with Crippen molar-refractivity contribution in [2.75, 3.05) is 19.7 Å². The van der Waals surface area contributed by atoms with E-state index in [9.17, 15) is 32.1 Å². The van der Waals surface area contributed by atoms with Crippen LogP contribution in [0.15, 0.2) is 18.2 Å². The molecule has 2 rings (SSSR count). The van der Waals surface area contributed by atoms with Crippen molar-refractivity contribution in [1.82, 2.24) is 5.32 Å². The second-order valence-electron chi connectivity index (χ2n) is 5.51. The minimum atomic E-state index is -5.88. The maximum atomic E-state index is 13.7. The fourth-order valence-electron chi connectivity index (χ4n) is 2.41. The minimum Gasteiger partial charge on any atom is -0.493 e.